The lowest BCUT2D eigenvalue weighted by atomic mass is 10.2. The van der Waals surface area contributed by atoms with E-state index in [1.54, 1.807) is 5.38 Å². The maximum atomic E-state index is 9.54. The van der Waals surface area contributed by atoms with Crippen molar-refractivity contribution in [3.8, 4) is 5.75 Å². The maximum absolute atomic E-state index is 9.54. The van der Waals surface area contributed by atoms with Gasteiger partial charge in [-0.2, -0.15) is 0 Å². The molecule has 0 aliphatic rings. The van der Waals surface area contributed by atoms with Gasteiger partial charge in [0.15, 0.2) is 0 Å². The Bertz CT molecular complexity index is 615. The van der Waals surface area contributed by atoms with Crippen molar-refractivity contribution in [2.45, 2.75) is 0 Å². The Kier molecular flexibility index (Phi) is 1.49. The fraction of sp³-hybridized carbons (Fsp3) is 0. The summed E-state index contributed by atoms with van der Waals surface area (Å²) in [7, 11) is 0. The van der Waals surface area contributed by atoms with Gasteiger partial charge in [-0.3, -0.25) is 0 Å². The van der Waals surface area contributed by atoms with Crippen LogP contribution in [0.1, 0.15) is 0 Å². The van der Waals surface area contributed by atoms with Crippen molar-refractivity contribution in [1.29, 1.82) is 0 Å². The van der Waals surface area contributed by atoms with Crippen LogP contribution in [0.15, 0.2) is 35.7 Å². The van der Waals surface area contributed by atoms with Crippen LogP contribution in [0.2, 0.25) is 0 Å². The van der Waals surface area contributed by atoms with E-state index in [1.807, 2.05) is 30.3 Å². The molecule has 1 N–H and O–H groups in total. The first kappa shape index (κ1) is 7.76. The van der Waals surface area contributed by atoms with Gasteiger partial charge >= 0.3 is 0 Å². The molecule has 2 heterocycles. The summed E-state index contributed by atoms with van der Waals surface area (Å²) in [6.07, 6.45) is 0. The minimum absolute atomic E-state index is 0.322. The van der Waals surface area contributed by atoms with E-state index < -0.39 is 0 Å². The Labute approximate surface area is 84.4 Å². The second-order valence-corrected chi connectivity index (χ2v) is 4.01. The van der Waals surface area contributed by atoms with Gasteiger partial charge in [0.05, 0.1) is 10.9 Å². The first-order valence-electron chi connectivity index (χ1n) is 4.30. The first-order chi connectivity index (χ1) is 6.84. The average molecular weight is 201 g/mol. The summed E-state index contributed by atoms with van der Waals surface area (Å²) < 4.78 is 0. The molecule has 68 valence electrons. The van der Waals surface area contributed by atoms with Crippen LogP contribution in [0.4, 0.5) is 0 Å². The predicted molar refractivity (Wildman–Crippen MR) is 58.8 cm³/mol. The Morgan fingerprint density at radius 2 is 2.07 bits per heavy atom. The van der Waals surface area contributed by atoms with Gasteiger partial charge < -0.3 is 5.11 Å². The van der Waals surface area contributed by atoms with Gasteiger partial charge in [-0.1, -0.05) is 18.2 Å². The van der Waals surface area contributed by atoms with E-state index in [9.17, 15) is 5.11 Å². The van der Waals surface area contributed by atoms with E-state index in [0.717, 1.165) is 21.1 Å². The Morgan fingerprint density at radius 1 is 1.21 bits per heavy atom. The molecule has 0 atom stereocenters. The quantitative estimate of drug-likeness (QED) is 0.606. The van der Waals surface area contributed by atoms with Crippen LogP contribution in [0.3, 0.4) is 0 Å². The highest BCUT2D eigenvalue weighted by molar-refractivity contribution is 7.17. The smallest absolute Gasteiger partial charge is 0.135 e. The monoisotopic (exact) mass is 201 g/mol. The number of aromatic hydroxyl groups is 1. The number of hydrogen-bond donors (Lipinski definition) is 1. The van der Waals surface area contributed by atoms with E-state index in [1.165, 1.54) is 11.3 Å². The minimum Gasteiger partial charge on any atom is -0.506 e. The summed E-state index contributed by atoms with van der Waals surface area (Å²) >= 11 is 1.47. The van der Waals surface area contributed by atoms with Crippen LogP contribution >= 0.6 is 11.3 Å². The standard InChI is InChI=1S/C11H7NOS/c13-10-6-14-11-8(10)5-7-3-1-2-4-9(7)12-11/h1-6,13H. The second-order valence-electron chi connectivity index (χ2n) is 3.15. The molecule has 0 amide bonds. The van der Waals surface area contributed by atoms with Crippen LogP contribution in [0, 0.1) is 0 Å². The molecule has 0 saturated carbocycles. The summed E-state index contributed by atoms with van der Waals surface area (Å²) in [5.74, 6) is 0.322. The van der Waals surface area contributed by atoms with Crippen molar-refractivity contribution in [1.82, 2.24) is 4.98 Å². The van der Waals surface area contributed by atoms with Gasteiger partial charge in [0.2, 0.25) is 0 Å². The summed E-state index contributed by atoms with van der Waals surface area (Å²) in [5.41, 5.74) is 0.974. The summed E-state index contributed by atoms with van der Waals surface area (Å²) in [4.78, 5) is 5.35. The number of rotatable bonds is 0. The number of para-hydroxylation sites is 1. The lowest BCUT2D eigenvalue weighted by Gasteiger charge is -1.96. The lowest BCUT2D eigenvalue weighted by Crippen LogP contribution is -1.77. The zero-order valence-corrected chi connectivity index (χ0v) is 8.08. The molecule has 3 rings (SSSR count). The third-order valence-corrected chi connectivity index (χ3v) is 3.12. The molecule has 2 nitrogen and oxygen atoms in total. The van der Waals surface area contributed by atoms with Gasteiger partial charge in [-0.25, -0.2) is 4.98 Å². The summed E-state index contributed by atoms with van der Waals surface area (Å²) in [6.45, 7) is 0. The zero-order chi connectivity index (χ0) is 9.54. The largest absolute Gasteiger partial charge is 0.506 e. The molecular formula is C11H7NOS. The normalized spacial score (nSPS) is 11.1. The Morgan fingerprint density at radius 3 is 3.00 bits per heavy atom. The Balaban J connectivity index is 2.54. The fourth-order valence-corrected chi connectivity index (χ4v) is 2.34. The molecule has 14 heavy (non-hydrogen) atoms. The van der Waals surface area contributed by atoms with Gasteiger partial charge in [-0.05, 0) is 12.1 Å². The number of pyridine rings is 1. The van der Waals surface area contributed by atoms with Crippen LogP contribution in [-0.2, 0) is 0 Å². The molecule has 0 unspecified atom stereocenters. The molecule has 0 aliphatic heterocycles. The second kappa shape index (κ2) is 2.69. The van der Waals surface area contributed by atoms with Crippen LogP contribution in [0.5, 0.6) is 5.75 Å². The number of hydrogen-bond acceptors (Lipinski definition) is 3. The fourth-order valence-electron chi connectivity index (χ4n) is 1.55. The van der Waals surface area contributed by atoms with E-state index in [-0.39, 0.29) is 0 Å². The van der Waals surface area contributed by atoms with Crippen LogP contribution in [-0.4, -0.2) is 10.1 Å². The van der Waals surface area contributed by atoms with Gasteiger partial charge in [-0.15, -0.1) is 11.3 Å². The molecule has 1 aromatic carbocycles. The first-order valence-corrected chi connectivity index (χ1v) is 5.18. The third kappa shape index (κ3) is 0.992. The third-order valence-electron chi connectivity index (χ3n) is 2.25. The highest BCUT2D eigenvalue weighted by atomic mass is 32.1. The molecule has 3 aromatic rings. The molecule has 2 aromatic heterocycles. The molecule has 3 heteroatoms. The summed E-state index contributed by atoms with van der Waals surface area (Å²) in [5, 5.41) is 13.2. The maximum Gasteiger partial charge on any atom is 0.135 e. The summed E-state index contributed by atoms with van der Waals surface area (Å²) in [6, 6.07) is 9.89. The SMILES string of the molecule is Oc1csc2nc3ccccc3cc12. The molecule has 0 spiro atoms. The molecule has 0 radical (unpaired) electrons. The van der Waals surface area contributed by atoms with Crippen LogP contribution < -0.4 is 0 Å². The van der Waals surface area contributed by atoms with Crippen molar-refractivity contribution in [3.05, 3.63) is 35.7 Å². The van der Waals surface area contributed by atoms with E-state index in [0.29, 0.717) is 5.75 Å². The topological polar surface area (TPSA) is 33.1 Å². The molecule has 0 aliphatic carbocycles. The molecule has 0 fully saturated rings. The van der Waals surface area contributed by atoms with Crippen molar-refractivity contribution < 1.29 is 5.11 Å². The van der Waals surface area contributed by atoms with Gasteiger partial charge in [0.25, 0.3) is 0 Å². The van der Waals surface area contributed by atoms with Gasteiger partial charge in [0.1, 0.15) is 10.6 Å². The number of aromatic nitrogens is 1. The number of benzene rings is 1. The van der Waals surface area contributed by atoms with Crippen LogP contribution in [0.25, 0.3) is 21.1 Å². The number of fused-ring (bicyclic) bond motifs is 2. The molecular weight excluding hydrogens is 194 g/mol. The van der Waals surface area contributed by atoms with E-state index >= 15 is 0 Å². The molecule has 0 saturated heterocycles. The van der Waals surface area contributed by atoms with Crippen molar-refractivity contribution in [2.24, 2.45) is 0 Å². The zero-order valence-electron chi connectivity index (χ0n) is 7.27. The van der Waals surface area contributed by atoms with Crippen molar-refractivity contribution in [3.63, 3.8) is 0 Å². The van der Waals surface area contributed by atoms with Crippen molar-refractivity contribution in [2.75, 3.05) is 0 Å². The van der Waals surface area contributed by atoms with E-state index in [2.05, 4.69) is 4.98 Å². The average Bonchev–Trinajstić information content (AvgIpc) is 2.57. The number of thiophene rings is 1. The van der Waals surface area contributed by atoms with Gasteiger partial charge in [0, 0.05) is 10.8 Å². The minimum atomic E-state index is 0.322. The lowest BCUT2D eigenvalue weighted by molar-refractivity contribution is 0.483. The highest BCUT2D eigenvalue weighted by Crippen LogP contribution is 2.31. The Hall–Kier alpha value is -1.61. The van der Waals surface area contributed by atoms with E-state index in [4.69, 9.17) is 0 Å². The number of nitrogens with zero attached hydrogens (tertiary/aromatic N) is 1. The molecule has 0 bridgehead atoms. The van der Waals surface area contributed by atoms with Crippen molar-refractivity contribution >= 4 is 32.5 Å². The predicted octanol–water partition coefficient (Wildman–Crippen LogP) is 3.16. The highest BCUT2D eigenvalue weighted by Gasteiger charge is 2.04.